The Morgan fingerprint density at radius 3 is 2.50 bits per heavy atom. The third kappa shape index (κ3) is 9.09. The molecule has 20 heavy (non-hydrogen) atoms. The van der Waals surface area contributed by atoms with E-state index < -0.39 is 11.9 Å². The summed E-state index contributed by atoms with van der Waals surface area (Å²) in [5.74, 6) is -0.853. The lowest BCUT2D eigenvalue weighted by Crippen LogP contribution is -2.45. The number of hydrogen-bond donors (Lipinski definition) is 2. The van der Waals surface area contributed by atoms with Crippen LogP contribution < -0.4 is 10.6 Å². The van der Waals surface area contributed by atoms with E-state index in [2.05, 4.69) is 17.2 Å². The van der Waals surface area contributed by atoms with Crippen molar-refractivity contribution >= 4 is 17.9 Å². The van der Waals surface area contributed by atoms with Crippen LogP contribution in [0.2, 0.25) is 0 Å². The number of nitrogens with one attached hydrogen (secondary N) is 2. The van der Waals surface area contributed by atoms with Gasteiger partial charge in [0.15, 0.2) is 0 Å². The van der Waals surface area contributed by atoms with Gasteiger partial charge in [0.05, 0.1) is 19.7 Å². The summed E-state index contributed by atoms with van der Waals surface area (Å²) in [6.45, 7) is 8.25. The molecule has 0 aliphatic carbocycles. The number of ether oxygens (including phenoxy) is 1. The van der Waals surface area contributed by atoms with Gasteiger partial charge >= 0.3 is 12.0 Å². The first kappa shape index (κ1) is 18.1. The number of carbonyl (C=O) groups excluding carboxylic acids is 3. The molecule has 0 unspecified atom stereocenters. The lowest BCUT2D eigenvalue weighted by Gasteiger charge is -2.19. The third-order valence-corrected chi connectivity index (χ3v) is 2.22. The Labute approximate surface area is 119 Å². The van der Waals surface area contributed by atoms with Gasteiger partial charge in [-0.15, -0.1) is 6.58 Å². The molecule has 0 saturated heterocycles. The molecule has 0 bridgehead atoms. The van der Waals surface area contributed by atoms with Crippen molar-refractivity contribution in [3.8, 4) is 0 Å². The van der Waals surface area contributed by atoms with Crippen LogP contribution >= 0.6 is 0 Å². The molecule has 0 heterocycles. The van der Waals surface area contributed by atoms with E-state index in [9.17, 15) is 14.4 Å². The number of carbonyl (C=O) groups is 3. The highest BCUT2D eigenvalue weighted by molar-refractivity contribution is 5.95. The molecule has 3 amide bonds. The van der Waals surface area contributed by atoms with Crippen LogP contribution in [0.25, 0.3) is 0 Å². The molecule has 0 rings (SSSR count). The molecule has 0 aromatic carbocycles. The highest BCUT2D eigenvalue weighted by Crippen LogP contribution is 1.93. The Bertz CT molecular complexity index is 345. The largest absolute Gasteiger partial charge is 0.465 e. The van der Waals surface area contributed by atoms with E-state index in [1.165, 1.54) is 6.08 Å². The zero-order valence-electron chi connectivity index (χ0n) is 12.1. The van der Waals surface area contributed by atoms with Crippen molar-refractivity contribution in [1.82, 2.24) is 15.5 Å². The van der Waals surface area contributed by atoms with Gasteiger partial charge in [0.2, 0.25) is 5.91 Å². The summed E-state index contributed by atoms with van der Waals surface area (Å²) in [6, 6.07) is -0.581. The molecule has 0 spiro atoms. The van der Waals surface area contributed by atoms with Crippen LogP contribution in [0.15, 0.2) is 12.7 Å². The van der Waals surface area contributed by atoms with Gasteiger partial charge in [-0.05, 0) is 19.9 Å². The number of nitrogens with zero attached hydrogens (tertiary/aromatic N) is 1. The van der Waals surface area contributed by atoms with Crippen molar-refractivity contribution < 1.29 is 19.1 Å². The summed E-state index contributed by atoms with van der Waals surface area (Å²) in [4.78, 5) is 35.9. The second-order valence-electron chi connectivity index (χ2n) is 4.06. The SMILES string of the molecule is C=CCNC(=O)NC(=O)CN(CCC)CC(=O)OCC. The van der Waals surface area contributed by atoms with E-state index in [1.807, 2.05) is 6.92 Å². The molecular formula is C13H23N3O4. The molecule has 7 nitrogen and oxygen atoms in total. The van der Waals surface area contributed by atoms with Crippen molar-refractivity contribution in [2.24, 2.45) is 0 Å². The molecule has 0 saturated carbocycles. The minimum atomic E-state index is -0.581. The summed E-state index contributed by atoms with van der Waals surface area (Å²) in [5.41, 5.74) is 0. The van der Waals surface area contributed by atoms with Crippen molar-refractivity contribution in [2.45, 2.75) is 20.3 Å². The van der Waals surface area contributed by atoms with Crippen LogP contribution in [-0.4, -0.2) is 55.6 Å². The molecule has 2 N–H and O–H groups in total. The molecule has 0 aliphatic heterocycles. The van der Waals surface area contributed by atoms with Crippen LogP contribution in [0, 0.1) is 0 Å². The fraction of sp³-hybridized carbons (Fsp3) is 0.615. The average molecular weight is 285 g/mol. The lowest BCUT2D eigenvalue weighted by molar-refractivity contribution is -0.144. The van der Waals surface area contributed by atoms with Crippen molar-refractivity contribution in [2.75, 3.05) is 32.8 Å². The average Bonchev–Trinajstić information content (AvgIpc) is 2.36. The van der Waals surface area contributed by atoms with E-state index in [0.29, 0.717) is 13.2 Å². The van der Waals surface area contributed by atoms with Gasteiger partial charge in [-0.3, -0.25) is 19.8 Å². The minimum absolute atomic E-state index is 0.0311. The number of esters is 1. The van der Waals surface area contributed by atoms with Crippen molar-refractivity contribution in [1.29, 1.82) is 0 Å². The van der Waals surface area contributed by atoms with Gasteiger partial charge in [0.1, 0.15) is 0 Å². The Morgan fingerprint density at radius 1 is 1.25 bits per heavy atom. The predicted octanol–water partition coefficient (Wildman–Crippen LogP) is 0.273. The lowest BCUT2D eigenvalue weighted by atomic mass is 10.3. The Morgan fingerprint density at radius 2 is 1.95 bits per heavy atom. The molecule has 0 aromatic heterocycles. The summed E-state index contributed by atoms with van der Waals surface area (Å²) in [7, 11) is 0. The minimum Gasteiger partial charge on any atom is -0.465 e. The van der Waals surface area contributed by atoms with Crippen LogP contribution in [0.1, 0.15) is 20.3 Å². The van der Waals surface area contributed by atoms with E-state index in [4.69, 9.17) is 4.74 Å². The number of rotatable bonds is 9. The molecule has 0 atom stereocenters. The summed E-state index contributed by atoms with van der Waals surface area (Å²) in [6.07, 6.45) is 2.30. The summed E-state index contributed by atoms with van der Waals surface area (Å²) >= 11 is 0. The van der Waals surface area contributed by atoms with Gasteiger partial charge in [-0.1, -0.05) is 13.0 Å². The number of hydrogen-bond acceptors (Lipinski definition) is 5. The fourth-order valence-corrected chi connectivity index (χ4v) is 1.50. The third-order valence-electron chi connectivity index (χ3n) is 2.22. The quantitative estimate of drug-likeness (QED) is 0.469. The van der Waals surface area contributed by atoms with Crippen LogP contribution in [-0.2, 0) is 14.3 Å². The second-order valence-corrected chi connectivity index (χ2v) is 4.06. The van der Waals surface area contributed by atoms with Crippen molar-refractivity contribution in [3.63, 3.8) is 0 Å². The maximum absolute atomic E-state index is 11.6. The maximum Gasteiger partial charge on any atom is 0.321 e. The number of urea groups is 1. The van der Waals surface area contributed by atoms with Crippen LogP contribution in [0.4, 0.5) is 4.79 Å². The Hall–Kier alpha value is -1.89. The van der Waals surface area contributed by atoms with Crippen molar-refractivity contribution in [3.05, 3.63) is 12.7 Å². The zero-order valence-corrected chi connectivity index (χ0v) is 12.1. The highest BCUT2D eigenvalue weighted by Gasteiger charge is 2.15. The molecule has 114 valence electrons. The fourth-order valence-electron chi connectivity index (χ4n) is 1.50. The molecular weight excluding hydrogens is 262 g/mol. The standard InChI is InChI=1S/C13H23N3O4/c1-4-7-14-13(19)15-11(17)9-16(8-5-2)10-12(18)20-6-3/h4H,1,5-10H2,2-3H3,(H2,14,15,17,19). The monoisotopic (exact) mass is 285 g/mol. The van der Waals surface area contributed by atoms with E-state index >= 15 is 0 Å². The van der Waals surface area contributed by atoms with Gasteiger partial charge < -0.3 is 10.1 Å². The van der Waals surface area contributed by atoms with Gasteiger partial charge in [-0.25, -0.2) is 4.79 Å². The van der Waals surface area contributed by atoms with E-state index in [1.54, 1.807) is 11.8 Å². The first-order chi connectivity index (χ1) is 9.53. The highest BCUT2D eigenvalue weighted by atomic mass is 16.5. The molecule has 7 heteroatoms. The number of amides is 3. The van der Waals surface area contributed by atoms with Crippen LogP contribution in [0.5, 0.6) is 0 Å². The topological polar surface area (TPSA) is 87.7 Å². The molecule has 0 fully saturated rings. The summed E-state index contributed by atoms with van der Waals surface area (Å²) in [5, 5.41) is 4.61. The second kappa shape index (κ2) is 11.0. The van der Waals surface area contributed by atoms with Gasteiger partial charge in [0.25, 0.3) is 0 Å². The first-order valence-corrected chi connectivity index (χ1v) is 6.60. The van der Waals surface area contributed by atoms with E-state index in [0.717, 1.165) is 6.42 Å². The van der Waals surface area contributed by atoms with E-state index in [-0.39, 0.29) is 25.6 Å². The maximum atomic E-state index is 11.6. The van der Waals surface area contributed by atoms with Crippen LogP contribution in [0.3, 0.4) is 0 Å². The summed E-state index contributed by atoms with van der Waals surface area (Å²) < 4.78 is 4.83. The number of imide groups is 1. The smallest absolute Gasteiger partial charge is 0.321 e. The molecule has 0 aromatic rings. The molecule has 0 aliphatic rings. The Balaban J connectivity index is 4.21. The predicted molar refractivity (Wildman–Crippen MR) is 75.1 cm³/mol. The van der Waals surface area contributed by atoms with Gasteiger partial charge in [0, 0.05) is 6.54 Å². The Kier molecular flexibility index (Phi) is 9.94. The van der Waals surface area contributed by atoms with Gasteiger partial charge in [-0.2, -0.15) is 0 Å². The normalized spacial score (nSPS) is 9.95. The zero-order chi connectivity index (χ0) is 15.4. The first-order valence-electron chi connectivity index (χ1n) is 6.60. The molecule has 0 radical (unpaired) electrons.